The van der Waals surface area contributed by atoms with Crippen LogP contribution in [0.3, 0.4) is 0 Å². The molecule has 0 bridgehead atoms. The van der Waals surface area contributed by atoms with Crippen LogP contribution in [0.2, 0.25) is 0 Å². The average Bonchev–Trinajstić information content (AvgIpc) is 2.78. The summed E-state index contributed by atoms with van der Waals surface area (Å²) in [5.41, 5.74) is 2.58. The molecule has 4 nitrogen and oxygen atoms in total. The second kappa shape index (κ2) is 6.27. The van der Waals surface area contributed by atoms with E-state index in [2.05, 4.69) is 21.4 Å². The maximum Gasteiger partial charge on any atom is 0.268 e. The Morgan fingerprint density at radius 3 is 2.89 bits per heavy atom. The summed E-state index contributed by atoms with van der Waals surface area (Å²) in [7, 11) is 0. The van der Waals surface area contributed by atoms with Crippen LogP contribution in [0.1, 0.15) is 21.9 Å². The van der Waals surface area contributed by atoms with Crippen LogP contribution in [0.5, 0.6) is 0 Å². The summed E-state index contributed by atoms with van der Waals surface area (Å²) < 4.78 is 6.59. The Kier molecular flexibility index (Phi) is 4.68. The number of furan rings is 1. The first-order chi connectivity index (χ1) is 9.11. The van der Waals surface area contributed by atoms with Crippen LogP contribution < -0.4 is 11.3 Å². The van der Waals surface area contributed by atoms with Crippen molar-refractivity contribution in [2.45, 2.75) is 17.6 Å². The monoisotopic (exact) mass is 340 g/mol. The van der Waals surface area contributed by atoms with Gasteiger partial charge in [-0.25, -0.2) is 5.84 Å². The smallest absolute Gasteiger partial charge is 0.268 e. The lowest BCUT2D eigenvalue weighted by Gasteiger charge is -2.01. The summed E-state index contributed by atoms with van der Waals surface area (Å²) in [4.78, 5) is 12.6. The molecule has 0 saturated heterocycles. The third-order valence-corrected chi connectivity index (χ3v) is 4.60. The third kappa shape index (κ3) is 3.40. The lowest BCUT2D eigenvalue weighted by atomic mass is 10.2. The first-order valence-electron chi connectivity index (χ1n) is 5.59. The summed E-state index contributed by atoms with van der Waals surface area (Å²) in [5.74, 6) is 6.76. The Morgan fingerprint density at radius 1 is 1.47 bits per heavy atom. The Morgan fingerprint density at radius 2 is 2.21 bits per heavy atom. The molecule has 0 atom stereocenters. The zero-order valence-electron chi connectivity index (χ0n) is 10.3. The summed E-state index contributed by atoms with van der Waals surface area (Å²) >= 11 is 5.13. The lowest BCUT2D eigenvalue weighted by Crippen LogP contribution is -2.30. The van der Waals surface area contributed by atoms with Crippen molar-refractivity contribution in [3.8, 4) is 0 Å². The van der Waals surface area contributed by atoms with Crippen molar-refractivity contribution in [2.24, 2.45) is 5.84 Å². The Hall–Kier alpha value is -1.24. The molecule has 0 aliphatic heterocycles. The summed E-state index contributed by atoms with van der Waals surface area (Å²) in [5, 5.41) is 0. The van der Waals surface area contributed by atoms with Gasteiger partial charge in [0.05, 0.1) is 11.3 Å². The number of halogens is 1. The second-order valence-corrected chi connectivity index (χ2v) is 5.75. The van der Waals surface area contributed by atoms with Crippen LogP contribution in [0, 0.1) is 6.92 Å². The van der Waals surface area contributed by atoms with Crippen LogP contribution in [-0.2, 0) is 5.75 Å². The molecule has 0 fully saturated rings. The van der Waals surface area contributed by atoms with Gasteiger partial charge in [-0.15, -0.1) is 11.8 Å². The van der Waals surface area contributed by atoms with Crippen molar-refractivity contribution in [1.82, 2.24) is 5.43 Å². The van der Waals surface area contributed by atoms with Crippen molar-refractivity contribution in [3.05, 3.63) is 51.9 Å². The number of nitrogens with one attached hydrogen (secondary N) is 1. The maximum atomic E-state index is 11.5. The van der Waals surface area contributed by atoms with Crippen molar-refractivity contribution in [3.63, 3.8) is 0 Å². The van der Waals surface area contributed by atoms with Crippen LogP contribution >= 0.6 is 27.7 Å². The molecule has 0 spiro atoms. The van der Waals surface area contributed by atoms with E-state index in [0.717, 1.165) is 15.1 Å². The first-order valence-corrected chi connectivity index (χ1v) is 7.37. The van der Waals surface area contributed by atoms with Crippen LogP contribution in [0.15, 0.2) is 44.1 Å². The van der Waals surface area contributed by atoms with Gasteiger partial charge in [0.25, 0.3) is 5.91 Å². The van der Waals surface area contributed by atoms with Crippen molar-refractivity contribution in [2.75, 3.05) is 0 Å². The number of aryl methyl sites for hydroxylation is 1. The lowest BCUT2D eigenvalue weighted by molar-refractivity contribution is 0.0952. The number of hydrogen-bond acceptors (Lipinski definition) is 4. The highest BCUT2D eigenvalue weighted by molar-refractivity contribution is 9.10. The van der Waals surface area contributed by atoms with E-state index in [1.165, 1.54) is 0 Å². The molecule has 1 aromatic heterocycles. The number of rotatable bonds is 4. The molecule has 19 heavy (non-hydrogen) atoms. The topological polar surface area (TPSA) is 68.3 Å². The van der Waals surface area contributed by atoms with E-state index < -0.39 is 0 Å². The minimum absolute atomic E-state index is 0.335. The molecule has 1 amide bonds. The van der Waals surface area contributed by atoms with E-state index >= 15 is 0 Å². The Bertz CT molecular complexity index is 598. The van der Waals surface area contributed by atoms with Crippen LogP contribution in [0.25, 0.3) is 0 Å². The fraction of sp³-hybridized carbons (Fsp3) is 0.154. The fourth-order valence-corrected chi connectivity index (χ4v) is 3.08. The number of amides is 1. The van der Waals surface area contributed by atoms with Gasteiger partial charge in [0.2, 0.25) is 0 Å². The highest BCUT2D eigenvalue weighted by Crippen LogP contribution is 2.30. The molecule has 2 rings (SSSR count). The zero-order chi connectivity index (χ0) is 13.8. The van der Waals surface area contributed by atoms with Gasteiger partial charge in [-0.2, -0.15) is 0 Å². The number of nitrogens with two attached hydrogens (primary N) is 1. The van der Waals surface area contributed by atoms with E-state index in [1.807, 2.05) is 24.3 Å². The van der Waals surface area contributed by atoms with E-state index in [9.17, 15) is 4.79 Å². The maximum absolute atomic E-state index is 11.5. The van der Waals surface area contributed by atoms with E-state index in [1.54, 1.807) is 24.8 Å². The molecule has 100 valence electrons. The van der Waals surface area contributed by atoms with Gasteiger partial charge in [0, 0.05) is 9.37 Å². The number of hydrazine groups is 1. The minimum Gasteiger partial charge on any atom is -0.465 e. The second-order valence-electron chi connectivity index (χ2n) is 3.88. The Labute approximate surface area is 123 Å². The molecule has 2 aromatic rings. The summed E-state index contributed by atoms with van der Waals surface area (Å²) in [6, 6.07) is 9.69. The summed E-state index contributed by atoms with van der Waals surface area (Å²) in [6.07, 6.45) is 0. The number of carbonyl (C=O) groups is 1. The van der Waals surface area contributed by atoms with Gasteiger partial charge in [-0.05, 0) is 41.1 Å². The molecule has 0 radical (unpaired) electrons. The number of hydrogen-bond donors (Lipinski definition) is 2. The van der Waals surface area contributed by atoms with Gasteiger partial charge >= 0.3 is 0 Å². The highest BCUT2D eigenvalue weighted by atomic mass is 79.9. The van der Waals surface area contributed by atoms with Crippen molar-refractivity contribution < 1.29 is 9.21 Å². The molecular weight excluding hydrogens is 328 g/mol. The first kappa shape index (κ1) is 14.2. The van der Waals surface area contributed by atoms with Crippen LogP contribution in [-0.4, -0.2) is 5.91 Å². The van der Waals surface area contributed by atoms with Gasteiger partial charge in [-0.1, -0.05) is 12.1 Å². The van der Waals surface area contributed by atoms with Gasteiger partial charge in [0.15, 0.2) is 0 Å². The third-order valence-electron chi connectivity index (χ3n) is 2.55. The average molecular weight is 341 g/mol. The van der Waals surface area contributed by atoms with Crippen molar-refractivity contribution in [1.29, 1.82) is 0 Å². The standard InChI is InChI=1S/C13H13BrN2O2S/c1-8-10(13(17)16-15)6-9(18-8)7-19-12-5-3-2-4-11(12)14/h2-6H,7,15H2,1H3,(H,16,17). The molecule has 6 heteroatoms. The largest absolute Gasteiger partial charge is 0.465 e. The van der Waals surface area contributed by atoms with Crippen LogP contribution in [0.4, 0.5) is 0 Å². The number of benzene rings is 1. The molecule has 0 aliphatic rings. The molecule has 0 saturated carbocycles. The SMILES string of the molecule is Cc1oc(CSc2ccccc2Br)cc1C(=O)NN. The number of carbonyl (C=O) groups excluding carboxylic acids is 1. The molecule has 1 heterocycles. The minimum atomic E-state index is -0.335. The Balaban J connectivity index is 2.09. The van der Waals surface area contributed by atoms with Crippen molar-refractivity contribution >= 4 is 33.6 Å². The summed E-state index contributed by atoms with van der Waals surface area (Å²) in [6.45, 7) is 1.75. The molecular formula is C13H13BrN2O2S. The van der Waals surface area contributed by atoms with E-state index in [4.69, 9.17) is 10.3 Å². The van der Waals surface area contributed by atoms with E-state index in [0.29, 0.717) is 17.1 Å². The molecule has 1 aromatic carbocycles. The zero-order valence-corrected chi connectivity index (χ0v) is 12.7. The molecule has 0 unspecified atom stereocenters. The van der Waals surface area contributed by atoms with E-state index in [-0.39, 0.29) is 5.91 Å². The van der Waals surface area contributed by atoms with Gasteiger partial charge in [0.1, 0.15) is 11.5 Å². The predicted octanol–water partition coefficient (Wildman–Crippen LogP) is 3.25. The quantitative estimate of drug-likeness (QED) is 0.388. The number of nitrogen functional groups attached to an aromatic ring is 1. The molecule has 0 aliphatic carbocycles. The number of thioether (sulfide) groups is 1. The van der Waals surface area contributed by atoms with Gasteiger partial charge < -0.3 is 4.42 Å². The fourth-order valence-electron chi connectivity index (χ4n) is 1.63. The normalized spacial score (nSPS) is 10.5. The highest BCUT2D eigenvalue weighted by Gasteiger charge is 2.14. The van der Waals surface area contributed by atoms with Gasteiger partial charge in [-0.3, -0.25) is 10.2 Å². The molecule has 3 N–H and O–H groups in total. The predicted molar refractivity (Wildman–Crippen MR) is 78.8 cm³/mol.